The lowest BCUT2D eigenvalue weighted by Crippen LogP contribution is -1.86. The molecule has 0 aliphatic heterocycles. The molecule has 2 rings (SSSR count). The Hall–Kier alpha value is -1.56. The van der Waals surface area contributed by atoms with Gasteiger partial charge in [-0.3, -0.25) is 0 Å². The topological polar surface area (TPSA) is 0 Å². The van der Waals surface area contributed by atoms with Gasteiger partial charge in [0, 0.05) is 0 Å². The molecule has 0 bridgehead atoms. The van der Waals surface area contributed by atoms with Crippen molar-refractivity contribution in [3.05, 3.63) is 54.1 Å². The van der Waals surface area contributed by atoms with E-state index in [4.69, 9.17) is 0 Å². The zero-order chi connectivity index (χ0) is 11.4. The Bertz CT molecular complexity index is 501. The van der Waals surface area contributed by atoms with Crippen LogP contribution >= 0.6 is 0 Å². The molecule has 0 radical (unpaired) electrons. The molecule has 0 atom stereocenters. The highest BCUT2D eigenvalue weighted by Crippen LogP contribution is 2.27. The lowest BCUT2D eigenvalue weighted by Gasteiger charge is -2.09. The molecule has 0 saturated carbocycles. The van der Waals surface area contributed by atoms with E-state index < -0.39 is 0 Å². The van der Waals surface area contributed by atoms with E-state index in [0.29, 0.717) is 0 Å². The number of hydrogen-bond donors (Lipinski definition) is 0. The largest absolute Gasteiger partial charge is 0.0838 e. The van der Waals surface area contributed by atoms with E-state index in [0.717, 1.165) is 6.42 Å². The zero-order valence-corrected chi connectivity index (χ0v) is 10.0. The molecule has 0 nitrogen and oxygen atoms in total. The first kappa shape index (κ1) is 10.9. The molecular formula is C16H18. The highest BCUT2D eigenvalue weighted by Gasteiger charge is 2.03. The van der Waals surface area contributed by atoms with Crippen LogP contribution in [0.2, 0.25) is 0 Å². The summed E-state index contributed by atoms with van der Waals surface area (Å²) in [6.45, 7) is 4.36. The van der Waals surface area contributed by atoms with E-state index >= 15 is 0 Å². The van der Waals surface area contributed by atoms with E-state index in [1.807, 2.05) is 0 Å². The van der Waals surface area contributed by atoms with Crippen LogP contribution in [0.4, 0.5) is 0 Å². The average molecular weight is 210 g/mol. The summed E-state index contributed by atoms with van der Waals surface area (Å²) in [5.74, 6) is 0. The van der Waals surface area contributed by atoms with Crippen LogP contribution < -0.4 is 0 Å². The molecule has 0 heteroatoms. The Morgan fingerprint density at radius 3 is 2.56 bits per heavy atom. The van der Waals surface area contributed by atoms with Crippen LogP contribution in [0.1, 0.15) is 32.3 Å². The van der Waals surface area contributed by atoms with Gasteiger partial charge in [-0.1, -0.05) is 61.9 Å². The van der Waals surface area contributed by atoms with Crippen LogP contribution in [0.25, 0.3) is 16.3 Å². The molecule has 82 valence electrons. The summed E-state index contributed by atoms with van der Waals surface area (Å²) in [6.07, 6.45) is 4.60. The van der Waals surface area contributed by atoms with Crippen molar-refractivity contribution in [3.8, 4) is 0 Å². The second-order valence-electron chi connectivity index (χ2n) is 4.09. The maximum absolute atomic E-state index is 2.24. The summed E-state index contributed by atoms with van der Waals surface area (Å²) < 4.78 is 0. The molecular weight excluding hydrogens is 192 g/mol. The first-order chi connectivity index (χ1) is 7.86. The van der Waals surface area contributed by atoms with Crippen LogP contribution in [0, 0.1) is 0 Å². The molecule has 0 N–H and O–H groups in total. The van der Waals surface area contributed by atoms with Gasteiger partial charge in [0.25, 0.3) is 0 Å². The summed E-state index contributed by atoms with van der Waals surface area (Å²) in [7, 11) is 0. The maximum Gasteiger partial charge on any atom is -0.0109 e. The molecule has 0 saturated heterocycles. The van der Waals surface area contributed by atoms with Crippen molar-refractivity contribution in [1.82, 2.24) is 0 Å². The lowest BCUT2D eigenvalue weighted by molar-refractivity contribution is 0.973. The minimum Gasteiger partial charge on any atom is -0.0838 e. The fraction of sp³-hybridized carbons (Fsp3) is 0.250. The van der Waals surface area contributed by atoms with Crippen LogP contribution in [-0.2, 0) is 0 Å². The second-order valence-corrected chi connectivity index (χ2v) is 4.09. The first-order valence-corrected chi connectivity index (χ1v) is 6.00. The summed E-state index contributed by atoms with van der Waals surface area (Å²) in [4.78, 5) is 0. The molecule has 2 aromatic carbocycles. The Morgan fingerprint density at radius 1 is 1.06 bits per heavy atom. The normalized spacial score (nSPS) is 12.0. The molecule has 2 aromatic rings. The van der Waals surface area contributed by atoms with Crippen molar-refractivity contribution in [1.29, 1.82) is 0 Å². The lowest BCUT2D eigenvalue weighted by atomic mass is 9.95. The van der Waals surface area contributed by atoms with E-state index in [2.05, 4.69) is 62.4 Å². The Labute approximate surface area is 97.6 Å². The summed E-state index contributed by atoms with van der Waals surface area (Å²) in [6, 6.07) is 15.2. The van der Waals surface area contributed by atoms with E-state index in [9.17, 15) is 0 Å². The molecule has 0 aliphatic carbocycles. The fourth-order valence-corrected chi connectivity index (χ4v) is 2.21. The van der Waals surface area contributed by atoms with E-state index in [1.54, 1.807) is 0 Å². The Balaban J connectivity index is 2.59. The van der Waals surface area contributed by atoms with Gasteiger partial charge in [-0.25, -0.2) is 0 Å². The molecule has 0 unspecified atom stereocenters. The SMILES string of the molecule is C/C=C(\CCC)c1cccc2ccccc12. The standard InChI is InChI=1S/C16H18/c1-3-8-13(4-2)15-12-7-10-14-9-5-6-11-16(14)15/h4-7,9-12H,3,8H2,1-2H3/b13-4+. The summed E-state index contributed by atoms with van der Waals surface area (Å²) in [5.41, 5.74) is 2.85. The third-order valence-corrected chi connectivity index (χ3v) is 3.00. The van der Waals surface area contributed by atoms with Gasteiger partial charge in [0.15, 0.2) is 0 Å². The minimum absolute atomic E-state index is 1.16. The number of rotatable bonds is 3. The first-order valence-electron chi connectivity index (χ1n) is 6.00. The molecule has 0 fully saturated rings. The molecule has 16 heavy (non-hydrogen) atoms. The van der Waals surface area contributed by atoms with E-state index in [1.165, 1.54) is 28.3 Å². The number of allylic oxidation sites excluding steroid dienone is 2. The van der Waals surface area contributed by atoms with Crippen molar-refractivity contribution in [3.63, 3.8) is 0 Å². The van der Waals surface area contributed by atoms with Gasteiger partial charge in [0.05, 0.1) is 0 Å². The average Bonchev–Trinajstić information content (AvgIpc) is 2.35. The van der Waals surface area contributed by atoms with Crippen molar-refractivity contribution in [2.45, 2.75) is 26.7 Å². The van der Waals surface area contributed by atoms with Crippen LogP contribution in [0.15, 0.2) is 48.5 Å². The van der Waals surface area contributed by atoms with Crippen LogP contribution in [0.5, 0.6) is 0 Å². The summed E-state index contributed by atoms with van der Waals surface area (Å²) >= 11 is 0. The second kappa shape index (κ2) is 4.98. The third-order valence-electron chi connectivity index (χ3n) is 3.00. The molecule has 0 aliphatic rings. The molecule has 0 spiro atoms. The Kier molecular flexibility index (Phi) is 3.40. The van der Waals surface area contributed by atoms with Gasteiger partial charge in [0.2, 0.25) is 0 Å². The number of fused-ring (bicyclic) bond motifs is 1. The number of benzene rings is 2. The van der Waals surface area contributed by atoms with Gasteiger partial charge in [-0.05, 0) is 35.3 Å². The monoisotopic (exact) mass is 210 g/mol. The van der Waals surface area contributed by atoms with Gasteiger partial charge in [-0.15, -0.1) is 0 Å². The predicted octanol–water partition coefficient (Wildman–Crippen LogP) is 5.04. The highest BCUT2D eigenvalue weighted by molar-refractivity contribution is 5.93. The van der Waals surface area contributed by atoms with Crippen molar-refractivity contribution in [2.24, 2.45) is 0 Å². The number of hydrogen-bond acceptors (Lipinski definition) is 0. The maximum atomic E-state index is 2.24. The van der Waals surface area contributed by atoms with Crippen LogP contribution in [-0.4, -0.2) is 0 Å². The highest BCUT2D eigenvalue weighted by atomic mass is 14.1. The molecule has 0 aromatic heterocycles. The van der Waals surface area contributed by atoms with Crippen molar-refractivity contribution < 1.29 is 0 Å². The van der Waals surface area contributed by atoms with Gasteiger partial charge < -0.3 is 0 Å². The zero-order valence-electron chi connectivity index (χ0n) is 10.0. The quantitative estimate of drug-likeness (QED) is 0.665. The smallest absolute Gasteiger partial charge is 0.0109 e. The van der Waals surface area contributed by atoms with Crippen molar-refractivity contribution >= 4 is 16.3 Å². The third kappa shape index (κ3) is 2.01. The van der Waals surface area contributed by atoms with Gasteiger partial charge in [-0.2, -0.15) is 0 Å². The van der Waals surface area contributed by atoms with Gasteiger partial charge >= 0.3 is 0 Å². The summed E-state index contributed by atoms with van der Waals surface area (Å²) in [5, 5.41) is 2.70. The minimum atomic E-state index is 1.16. The predicted molar refractivity (Wildman–Crippen MR) is 72.5 cm³/mol. The van der Waals surface area contributed by atoms with Crippen LogP contribution in [0.3, 0.4) is 0 Å². The molecule has 0 amide bonds. The fourth-order valence-electron chi connectivity index (χ4n) is 2.21. The van der Waals surface area contributed by atoms with Crippen molar-refractivity contribution in [2.75, 3.05) is 0 Å². The van der Waals surface area contributed by atoms with Gasteiger partial charge in [0.1, 0.15) is 0 Å². The van der Waals surface area contributed by atoms with E-state index in [-0.39, 0.29) is 0 Å². The Morgan fingerprint density at radius 2 is 1.81 bits per heavy atom. The molecule has 0 heterocycles.